The zero-order chi connectivity index (χ0) is 13.8. The summed E-state index contributed by atoms with van der Waals surface area (Å²) in [6, 6.07) is 6.30. The number of methoxy groups -OCH3 is 1. The highest BCUT2D eigenvalue weighted by molar-refractivity contribution is 5.56. The van der Waals surface area contributed by atoms with E-state index in [-0.39, 0.29) is 0 Å². The van der Waals surface area contributed by atoms with Crippen LogP contribution in [0, 0.1) is 0 Å². The van der Waals surface area contributed by atoms with E-state index in [2.05, 4.69) is 22.3 Å². The maximum Gasteiger partial charge on any atom is 0.163 e. The van der Waals surface area contributed by atoms with E-state index in [9.17, 15) is 0 Å². The molecule has 1 aromatic carbocycles. The van der Waals surface area contributed by atoms with Gasteiger partial charge in [0, 0.05) is 37.9 Å². The molecule has 1 aliphatic carbocycles. The van der Waals surface area contributed by atoms with Crippen LogP contribution in [-0.4, -0.2) is 39.4 Å². The lowest BCUT2D eigenvalue weighted by Gasteiger charge is -2.30. The smallest absolute Gasteiger partial charge is 0.163 e. The molecule has 110 valence electrons. The molecule has 4 nitrogen and oxygen atoms in total. The normalized spacial score (nSPS) is 20.1. The number of ether oxygens (including phenoxy) is 2. The van der Waals surface area contributed by atoms with Gasteiger partial charge in [0.2, 0.25) is 0 Å². The first-order valence-corrected chi connectivity index (χ1v) is 7.67. The highest BCUT2D eigenvalue weighted by Crippen LogP contribution is 2.35. The molecule has 0 bridgehead atoms. The van der Waals surface area contributed by atoms with Gasteiger partial charge in [-0.2, -0.15) is 0 Å². The second-order valence-electron chi connectivity index (χ2n) is 5.60. The number of piperazine rings is 1. The van der Waals surface area contributed by atoms with E-state index in [1.807, 2.05) is 6.07 Å². The fourth-order valence-electron chi connectivity index (χ4n) is 3.06. The Labute approximate surface area is 121 Å². The minimum atomic E-state index is 0.363. The van der Waals surface area contributed by atoms with Crippen molar-refractivity contribution in [1.82, 2.24) is 5.32 Å². The summed E-state index contributed by atoms with van der Waals surface area (Å²) in [7, 11) is 1.71. The Kier molecular flexibility index (Phi) is 4.31. The first-order chi connectivity index (χ1) is 9.86. The van der Waals surface area contributed by atoms with Gasteiger partial charge >= 0.3 is 0 Å². The molecule has 2 aliphatic rings. The van der Waals surface area contributed by atoms with Crippen LogP contribution in [0.5, 0.6) is 11.5 Å². The molecule has 0 spiro atoms. The summed E-state index contributed by atoms with van der Waals surface area (Å²) in [5.74, 6) is 1.74. The summed E-state index contributed by atoms with van der Waals surface area (Å²) in [6.45, 7) is 4.19. The van der Waals surface area contributed by atoms with Gasteiger partial charge in [-0.05, 0) is 37.8 Å². The van der Waals surface area contributed by atoms with E-state index in [0.29, 0.717) is 6.10 Å². The highest BCUT2D eigenvalue weighted by Gasteiger charge is 2.19. The standard InChI is InChI=1S/C16H24N2O2/c1-19-15-7-6-13(18-10-8-17-9-11-18)12-16(15)20-14-4-2-3-5-14/h6-7,12,14,17H,2-5,8-11H2,1H3. The molecule has 0 aromatic heterocycles. The number of nitrogens with one attached hydrogen (secondary N) is 1. The molecule has 4 heteroatoms. The van der Waals surface area contributed by atoms with Crippen LogP contribution < -0.4 is 19.7 Å². The van der Waals surface area contributed by atoms with Gasteiger partial charge in [-0.1, -0.05) is 0 Å². The van der Waals surface area contributed by atoms with Crippen LogP contribution in [0.15, 0.2) is 18.2 Å². The molecule has 1 aliphatic heterocycles. The first kappa shape index (κ1) is 13.6. The minimum Gasteiger partial charge on any atom is -0.493 e. The van der Waals surface area contributed by atoms with Gasteiger partial charge in [0.25, 0.3) is 0 Å². The first-order valence-electron chi connectivity index (χ1n) is 7.67. The highest BCUT2D eigenvalue weighted by atomic mass is 16.5. The van der Waals surface area contributed by atoms with Crippen molar-refractivity contribution in [2.45, 2.75) is 31.8 Å². The molecular weight excluding hydrogens is 252 g/mol. The van der Waals surface area contributed by atoms with Crippen molar-refractivity contribution in [3.8, 4) is 11.5 Å². The molecule has 3 rings (SSSR count). The van der Waals surface area contributed by atoms with Crippen molar-refractivity contribution in [3.63, 3.8) is 0 Å². The maximum atomic E-state index is 6.16. The van der Waals surface area contributed by atoms with Crippen LogP contribution in [-0.2, 0) is 0 Å². The number of hydrogen-bond acceptors (Lipinski definition) is 4. The molecule has 1 saturated heterocycles. The quantitative estimate of drug-likeness (QED) is 0.916. The Bertz CT molecular complexity index is 438. The van der Waals surface area contributed by atoms with Gasteiger partial charge < -0.3 is 19.7 Å². The third-order valence-electron chi connectivity index (χ3n) is 4.23. The third kappa shape index (κ3) is 3.01. The Balaban J connectivity index is 1.78. The summed E-state index contributed by atoms with van der Waals surface area (Å²) in [6.07, 6.45) is 5.26. The molecule has 1 heterocycles. The van der Waals surface area contributed by atoms with Crippen molar-refractivity contribution < 1.29 is 9.47 Å². The molecule has 1 N–H and O–H groups in total. The van der Waals surface area contributed by atoms with Crippen molar-refractivity contribution >= 4 is 5.69 Å². The lowest BCUT2D eigenvalue weighted by atomic mass is 10.2. The minimum absolute atomic E-state index is 0.363. The second kappa shape index (κ2) is 6.35. The van der Waals surface area contributed by atoms with E-state index < -0.39 is 0 Å². The maximum absolute atomic E-state index is 6.16. The van der Waals surface area contributed by atoms with E-state index in [1.165, 1.54) is 31.4 Å². The predicted molar refractivity (Wildman–Crippen MR) is 81.0 cm³/mol. The van der Waals surface area contributed by atoms with Crippen molar-refractivity contribution in [3.05, 3.63) is 18.2 Å². The largest absolute Gasteiger partial charge is 0.493 e. The zero-order valence-electron chi connectivity index (χ0n) is 12.2. The molecule has 0 unspecified atom stereocenters. The van der Waals surface area contributed by atoms with Crippen LogP contribution in [0.4, 0.5) is 5.69 Å². The van der Waals surface area contributed by atoms with Crippen molar-refractivity contribution in [2.24, 2.45) is 0 Å². The van der Waals surface area contributed by atoms with Crippen LogP contribution in [0.2, 0.25) is 0 Å². The van der Waals surface area contributed by atoms with Crippen LogP contribution in [0.3, 0.4) is 0 Å². The van der Waals surface area contributed by atoms with Crippen LogP contribution in [0.1, 0.15) is 25.7 Å². The topological polar surface area (TPSA) is 33.7 Å². The summed E-state index contributed by atoms with van der Waals surface area (Å²) < 4.78 is 11.6. The van der Waals surface area contributed by atoms with E-state index in [4.69, 9.17) is 9.47 Å². The number of anilines is 1. The lowest BCUT2D eigenvalue weighted by molar-refractivity contribution is 0.201. The fourth-order valence-corrected chi connectivity index (χ4v) is 3.06. The SMILES string of the molecule is COc1ccc(N2CCNCC2)cc1OC1CCCC1. The molecule has 1 saturated carbocycles. The van der Waals surface area contributed by atoms with Gasteiger partial charge in [-0.15, -0.1) is 0 Å². The molecule has 2 fully saturated rings. The molecule has 0 atom stereocenters. The van der Waals surface area contributed by atoms with Crippen molar-refractivity contribution in [2.75, 3.05) is 38.2 Å². The van der Waals surface area contributed by atoms with Gasteiger partial charge in [-0.3, -0.25) is 0 Å². The molecular formula is C16H24N2O2. The van der Waals surface area contributed by atoms with E-state index >= 15 is 0 Å². The van der Waals surface area contributed by atoms with E-state index in [0.717, 1.165) is 37.7 Å². The second-order valence-corrected chi connectivity index (χ2v) is 5.60. The molecule has 0 amide bonds. The van der Waals surface area contributed by atoms with Gasteiger partial charge in [0.15, 0.2) is 11.5 Å². The van der Waals surface area contributed by atoms with Crippen LogP contribution >= 0.6 is 0 Å². The Hall–Kier alpha value is -1.42. The number of benzene rings is 1. The van der Waals surface area contributed by atoms with Gasteiger partial charge in [-0.25, -0.2) is 0 Å². The van der Waals surface area contributed by atoms with E-state index in [1.54, 1.807) is 7.11 Å². The monoisotopic (exact) mass is 276 g/mol. The summed E-state index contributed by atoms with van der Waals surface area (Å²) in [5, 5.41) is 3.38. The predicted octanol–water partition coefficient (Wildman–Crippen LogP) is 2.43. The number of rotatable bonds is 4. The van der Waals surface area contributed by atoms with Crippen molar-refractivity contribution in [1.29, 1.82) is 0 Å². The summed E-state index contributed by atoms with van der Waals surface area (Å²) >= 11 is 0. The summed E-state index contributed by atoms with van der Waals surface area (Å²) in [5.41, 5.74) is 1.24. The molecule has 0 radical (unpaired) electrons. The average Bonchev–Trinajstić information content (AvgIpc) is 3.01. The number of hydrogen-bond donors (Lipinski definition) is 1. The Morgan fingerprint density at radius 3 is 2.55 bits per heavy atom. The lowest BCUT2D eigenvalue weighted by Crippen LogP contribution is -2.43. The Morgan fingerprint density at radius 1 is 1.10 bits per heavy atom. The van der Waals surface area contributed by atoms with Gasteiger partial charge in [0.1, 0.15) is 0 Å². The average molecular weight is 276 g/mol. The zero-order valence-corrected chi connectivity index (χ0v) is 12.2. The third-order valence-corrected chi connectivity index (χ3v) is 4.23. The molecule has 1 aromatic rings. The van der Waals surface area contributed by atoms with Gasteiger partial charge in [0.05, 0.1) is 13.2 Å². The fraction of sp³-hybridized carbons (Fsp3) is 0.625. The summed E-state index contributed by atoms with van der Waals surface area (Å²) in [4.78, 5) is 2.40. The molecule has 20 heavy (non-hydrogen) atoms. The number of nitrogens with zero attached hydrogens (tertiary/aromatic N) is 1. The Morgan fingerprint density at radius 2 is 1.85 bits per heavy atom. The van der Waals surface area contributed by atoms with Crippen LogP contribution in [0.25, 0.3) is 0 Å².